The van der Waals surface area contributed by atoms with Gasteiger partial charge in [0.15, 0.2) is 0 Å². The number of anilines is 2. The summed E-state index contributed by atoms with van der Waals surface area (Å²) in [7, 11) is 0. The zero-order valence-corrected chi connectivity index (χ0v) is 11.2. The Labute approximate surface area is 109 Å². The molecule has 1 saturated carbocycles. The molecular weight excluding hydrogens is 222 g/mol. The lowest BCUT2D eigenvalue weighted by Crippen LogP contribution is -2.28. The van der Waals surface area contributed by atoms with Gasteiger partial charge < -0.3 is 10.6 Å². The minimum Gasteiger partial charge on any atom is -0.397 e. The molecule has 2 rings (SSSR count). The predicted octanol–water partition coefficient (Wildman–Crippen LogP) is 3.16. The van der Waals surface area contributed by atoms with E-state index in [0.29, 0.717) is 17.5 Å². The summed E-state index contributed by atoms with van der Waals surface area (Å²) in [5.74, 6) is 0.687. The molecule has 0 bridgehead atoms. The topological polar surface area (TPSA) is 53.0 Å². The maximum atomic E-state index is 9.00. The molecule has 0 aromatic heterocycles. The molecule has 0 spiro atoms. The maximum Gasteiger partial charge on any atom is 0.0992 e. The van der Waals surface area contributed by atoms with Gasteiger partial charge in [0.1, 0.15) is 0 Å². The van der Waals surface area contributed by atoms with E-state index in [0.717, 1.165) is 24.3 Å². The minimum atomic E-state index is 0.625. The molecular formula is C15H21N3. The van der Waals surface area contributed by atoms with Gasteiger partial charge in [-0.2, -0.15) is 5.26 Å². The molecule has 0 amide bonds. The fraction of sp³-hybridized carbons (Fsp3) is 0.533. The molecule has 0 saturated heterocycles. The van der Waals surface area contributed by atoms with Crippen LogP contribution in [0, 0.1) is 17.2 Å². The molecule has 1 aromatic carbocycles. The lowest BCUT2D eigenvalue weighted by Gasteiger charge is -2.27. The molecule has 0 unspecified atom stereocenters. The fourth-order valence-corrected chi connectivity index (χ4v) is 2.15. The molecule has 1 aromatic rings. The number of rotatable bonds is 5. The van der Waals surface area contributed by atoms with Crippen LogP contribution in [0.25, 0.3) is 0 Å². The number of nitrogens with zero attached hydrogens (tertiary/aromatic N) is 2. The van der Waals surface area contributed by atoms with Crippen LogP contribution in [0.5, 0.6) is 0 Å². The largest absolute Gasteiger partial charge is 0.397 e. The van der Waals surface area contributed by atoms with Crippen LogP contribution >= 0.6 is 0 Å². The van der Waals surface area contributed by atoms with E-state index in [-0.39, 0.29) is 0 Å². The summed E-state index contributed by atoms with van der Waals surface area (Å²) in [6.07, 6.45) is 3.65. The summed E-state index contributed by atoms with van der Waals surface area (Å²) in [6, 6.07) is 8.37. The van der Waals surface area contributed by atoms with Crippen molar-refractivity contribution in [1.29, 1.82) is 5.26 Å². The molecule has 1 aliphatic rings. The first-order chi connectivity index (χ1) is 8.61. The molecule has 0 radical (unpaired) electrons. The fourth-order valence-electron chi connectivity index (χ4n) is 2.15. The molecule has 18 heavy (non-hydrogen) atoms. The van der Waals surface area contributed by atoms with E-state index in [9.17, 15) is 0 Å². The van der Waals surface area contributed by atoms with Crippen molar-refractivity contribution in [3.63, 3.8) is 0 Å². The van der Waals surface area contributed by atoms with Crippen molar-refractivity contribution in [3.05, 3.63) is 23.8 Å². The van der Waals surface area contributed by atoms with E-state index in [1.165, 1.54) is 12.8 Å². The molecule has 3 heteroatoms. The SMILES string of the molecule is CC(C)CCN(c1cc(C#N)ccc1N)C1CC1. The van der Waals surface area contributed by atoms with E-state index < -0.39 is 0 Å². The highest BCUT2D eigenvalue weighted by molar-refractivity contribution is 5.70. The third-order valence-corrected chi connectivity index (χ3v) is 3.40. The van der Waals surface area contributed by atoms with Crippen molar-refractivity contribution in [2.75, 3.05) is 17.2 Å². The normalized spacial score (nSPS) is 14.6. The van der Waals surface area contributed by atoms with Crippen LogP contribution in [-0.4, -0.2) is 12.6 Å². The Balaban J connectivity index is 2.22. The quantitative estimate of drug-likeness (QED) is 0.808. The predicted molar refractivity (Wildman–Crippen MR) is 75.4 cm³/mol. The molecule has 1 fully saturated rings. The van der Waals surface area contributed by atoms with Gasteiger partial charge in [0, 0.05) is 12.6 Å². The van der Waals surface area contributed by atoms with E-state index in [4.69, 9.17) is 11.0 Å². The van der Waals surface area contributed by atoms with Crippen molar-refractivity contribution in [1.82, 2.24) is 0 Å². The number of hydrogen-bond donors (Lipinski definition) is 1. The smallest absolute Gasteiger partial charge is 0.0992 e. The summed E-state index contributed by atoms with van der Waals surface area (Å²) in [5, 5.41) is 9.00. The van der Waals surface area contributed by atoms with Gasteiger partial charge in [-0.3, -0.25) is 0 Å². The molecule has 0 heterocycles. The van der Waals surface area contributed by atoms with Gasteiger partial charge in [0.2, 0.25) is 0 Å². The van der Waals surface area contributed by atoms with Crippen molar-refractivity contribution >= 4 is 11.4 Å². The van der Waals surface area contributed by atoms with E-state index in [1.54, 1.807) is 6.07 Å². The van der Waals surface area contributed by atoms with Gasteiger partial charge >= 0.3 is 0 Å². The van der Waals surface area contributed by atoms with Crippen LogP contribution in [-0.2, 0) is 0 Å². The zero-order valence-electron chi connectivity index (χ0n) is 11.2. The van der Waals surface area contributed by atoms with Crippen molar-refractivity contribution in [2.45, 2.75) is 39.2 Å². The Bertz CT molecular complexity index is 455. The monoisotopic (exact) mass is 243 g/mol. The summed E-state index contributed by atoms with van der Waals surface area (Å²) >= 11 is 0. The highest BCUT2D eigenvalue weighted by Crippen LogP contribution is 2.35. The van der Waals surface area contributed by atoms with Crippen molar-refractivity contribution in [2.24, 2.45) is 5.92 Å². The van der Waals surface area contributed by atoms with Gasteiger partial charge in [0.05, 0.1) is 23.0 Å². The average molecular weight is 243 g/mol. The summed E-state index contributed by atoms with van der Waals surface area (Å²) in [6.45, 7) is 5.50. The van der Waals surface area contributed by atoms with E-state index in [1.807, 2.05) is 12.1 Å². The summed E-state index contributed by atoms with van der Waals surface area (Å²) in [4.78, 5) is 2.39. The van der Waals surface area contributed by atoms with Crippen LogP contribution in [0.1, 0.15) is 38.7 Å². The first kappa shape index (κ1) is 12.8. The van der Waals surface area contributed by atoms with Crippen LogP contribution < -0.4 is 10.6 Å². The minimum absolute atomic E-state index is 0.625. The van der Waals surface area contributed by atoms with Crippen LogP contribution in [0.4, 0.5) is 11.4 Å². The second kappa shape index (κ2) is 5.30. The van der Waals surface area contributed by atoms with Crippen LogP contribution in [0.3, 0.4) is 0 Å². The Morgan fingerprint density at radius 1 is 1.44 bits per heavy atom. The Morgan fingerprint density at radius 3 is 2.72 bits per heavy atom. The van der Waals surface area contributed by atoms with Crippen LogP contribution in [0.2, 0.25) is 0 Å². The Hall–Kier alpha value is -1.69. The van der Waals surface area contributed by atoms with Gasteiger partial charge in [0.25, 0.3) is 0 Å². The number of benzene rings is 1. The standard InChI is InChI=1S/C15H21N3/c1-11(2)7-8-18(13-4-5-13)15-9-12(10-16)3-6-14(15)17/h3,6,9,11,13H,4-5,7-8,17H2,1-2H3. The lowest BCUT2D eigenvalue weighted by atomic mass is 10.1. The molecule has 0 atom stereocenters. The first-order valence-corrected chi connectivity index (χ1v) is 6.68. The second-order valence-electron chi connectivity index (χ2n) is 5.49. The maximum absolute atomic E-state index is 9.00. The number of nitriles is 1. The van der Waals surface area contributed by atoms with Gasteiger partial charge in [-0.25, -0.2) is 0 Å². The lowest BCUT2D eigenvalue weighted by molar-refractivity contribution is 0.571. The molecule has 96 valence electrons. The highest BCUT2D eigenvalue weighted by atomic mass is 15.2. The average Bonchev–Trinajstić information content (AvgIpc) is 3.15. The van der Waals surface area contributed by atoms with Crippen molar-refractivity contribution in [3.8, 4) is 6.07 Å². The van der Waals surface area contributed by atoms with Crippen LogP contribution in [0.15, 0.2) is 18.2 Å². The third kappa shape index (κ3) is 2.95. The second-order valence-corrected chi connectivity index (χ2v) is 5.49. The molecule has 1 aliphatic carbocycles. The third-order valence-electron chi connectivity index (χ3n) is 3.40. The van der Waals surface area contributed by atoms with Gasteiger partial charge in [-0.1, -0.05) is 13.8 Å². The Morgan fingerprint density at radius 2 is 2.17 bits per heavy atom. The first-order valence-electron chi connectivity index (χ1n) is 6.68. The number of nitrogen functional groups attached to an aromatic ring is 1. The van der Waals surface area contributed by atoms with E-state index >= 15 is 0 Å². The van der Waals surface area contributed by atoms with Gasteiger partial charge in [-0.05, 0) is 43.4 Å². The highest BCUT2D eigenvalue weighted by Gasteiger charge is 2.30. The molecule has 3 nitrogen and oxygen atoms in total. The summed E-state index contributed by atoms with van der Waals surface area (Å²) in [5.41, 5.74) is 8.58. The number of hydrogen-bond acceptors (Lipinski definition) is 3. The molecule has 2 N–H and O–H groups in total. The Kier molecular flexibility index (Phi) is 3.76. The summed E-state index contributed by atoms with van der Waals surface area (Å²) < 4.78 is 0. The molecule has 0 aliphatic heterocycles. The van der Waals surface area contributed by atoms with Gasteiger partial charge in [-0.15, -0.1) is 0 Å². The number of nitrogens with two attached hydrogens (primary N) is 1. The zero-order chi connectivity index (χ0) is 13.1. The van der Waals surface area contributed by atoms with E-state index in [2.05, 4.69) is 24.8 Å². The van der Waals surface area contributed by atoms with Crippen molar-refractivity contribution < 1.29 is 0 Å².